The zero-order valence-corrected chi connectivity index (χ0v) is 33.1. The number of para-hydroxylation sites is 4. The van der Waals surface area contributed by atoms with E-state index in [-0.39, 0.29) is 0 Å². The Morgan fingerprint density at radius 3 is 1.16 bits per heavy atom. The van der Waals surface area contributed by atoms with E-state index in [1.165, 1.54) is 16.3 Å². The summed E-state index contributed by atoms with van der Waals surface area (Å²) in [5.74, 6) is 0. The van der Waals surface area contributed by atoms with Gasteiger partial charge in [-0.15, -0.1) is 0 Å². The van der Waals surface area contributed by atoms with E-state index in [1.54, 1.807) is 0 Å². The van der Waals surface area contributed by atoms with Crippen LogP contribution in [0.3, 0.4) is 0 Å². The maximum Gasteiger partial charge on any atom is 0.0973 e. The number of hydrogen-bond acceptors (Lipinski definition) is 5. The molecular weight excluding hydrogens is 743 g/mol. The maximum atomic E-state index is 5.26. The number of anilines is 3. The Balaban J connectivity index is 1.09. The quantitative estimate of drug-likeness (QED) is 0.154. The third kappa shape index (κ3) is 6.84. The van der Waals surface area contributed by atoms with Crippen molar-refractivity contribution in [3.05, 3.63) is 224 Å². The molecule has 0 N–H and O–H groups in total. The molecule has 11 rings (SSSR count). The highest BCUT2D eigenvalue weighted by atomic mass is 15.1. The first-order valence-electron chi connectivity index (χ1n) is 20.5. The molecule has 5 nitrogen and oxygen atoms in total. The molecule has 0 aliphatic rings. The van der Waals surface area contributed by atoms with Gasteiger partial charge in [0.05, 0.1) is 44.8 Å². The molecule has 2 aromatic heterocycles. The number of rotatable bonds is 8. The van der Waals surface area contributed by atoms with Crippen molar-refractivity contribution in [2.45, 2.75) is 0 Å². The van der Waals surface area contributed by atoms with Crippen LogP contribution >= 0.6 is 0 Å². The predicted molar refractivity (Wildman–Crippen MR) is 252 cm³/mol. The molecule has 0 unspecified atom stereocenters. The van der Waals surface area contributed by atoms with Crippen LogP contribution < -0.4 is 4.90 Å². The largest absolute Gasteiger partial charge is 0.310 e. The van der Waals surface area contributed by atoms with Crippen molar-refractivity contribution in [2.24, 2.45) is 0 Å². The van der Waals surface area contributed by atoms with Crippen molar-refractivity contribution >= 4 is 49.9 Å². The highest BCUT2D eigenvalue weighted by Gasteiger charge is 2.20. The second-order valence-corrected chi connectivity index (χ2v) is 15.1. The molecule has 9 aromatic carbocycles. The summed E-state index contributed by atoms with van der Waals surface area (Å²) >= 11 is 0. The van der Waals surface area contributed by atoms with Gasteiger partial charge in [-0.2, -0.15) is 0 Å². The fourth-order valence-electron chi connectivity index (χ4n) is 8.30. The fraction of sp³-hybridized carbons (Fsp3) is 0. The smallest absolute Gasteiger partial charge is 0.0973 e. The van der Waals surface area contributed by atoms with E-state index < -0.39 is 0 Å². The summed E-state index contributed by atoms with van der Waals surface area (Å²) < 4.78 is 0. The van der Waals surface area contributed by atoms with Crippen molar-refractivity contribution in [3.63, 3.8) is 0 Å². The Morgan fingerprint density at radius 1 is 0.262 bits per heavy atom. The van der Waals surface area contributed by atoms with Gasteiger partial charge in [-0.25, -0.2) is 19.9 Å². The second-order valence-electron chi connectivity index (χ2n) is 15.1. The van der Waals surface area contributed by atoms with Crippen LogP contribution in [0.15, 0.2) is 224 Å². The summed E-state index contributed by atoms with van der Waals surface area (Å²) in [6.45, 7) is 0. The molecule has 286 valence electrons. The number of hydrogen-bond donors (Lipinski definition) is 0. The van der Waals surface area contributed by atoms with Gasteiger partial charge in [0.15, 0.2) is 0 Å². The predicted octanol–water partition coefficient (Wildman–Crippen LogP) is 14.5. The minimum absolute atomic E-state index is 0.825. The normalized spacial score (nSPS) is 11.3. The van der Waals surface area contributed by atoms with Crippen molar-refractivity contribution in [1.29, 1.82) is 0 Å². The summed E-state index contributed by atoms with van der Waals surface area (Å²) in [4.78, 5) is 23.2. The second kappa shape index (κ2) is 15.5. The van der Waals surface area contributed by atoms with E-state index in [4.69, 9.17) is 19.9 Å². The Hall–Kier alpha value is -8.28. The Kier molecular flexibility index (Phi) is 9.10. The standard InChI is InChI=1S/C56H37N5/c1-3-17-40(18-4-1)53-55(59-51-30-11-9-28-49(51)57-53)42-22-13-24-45(36-42)61(44-34-32-39(33-35-44)48-27-15-21-38-16-7-8-26-47(38)48)46-25-14-23-43(37-46)56-54(41-19-5-2-6-20-41)58-50-29-10-12-31-52(50)60-56/h1-37H. The number of benzene rings is 9. The topological polar surface area (TPSA) is 54.8 Å². The van der Waals surface area contributed by atoms with Gasteiger partial charge < -0.3 is 4.90 Å². The number of nitrogens with zero attached hydrogens (tertiary/aromatic N) is 5. The average molecular weight is 780 g/mol. The van der Waals surface area contributed by atoms with Gasteiger partial charge in [-0.1, -0.05) is 164 Å². The molecule has 0 saturated heterocycles. The van der Waals surface area contributed by atoms with Crippen LogP contribution in [0.1, 0.15) is 0 Å². The summed E-state index contributed by atoms with van der Waals surface area (Å²) in [6.07, 6.45) is 0. The first-order chi connectivity index (χ1) is 30.2. The van der Waals surface area contributed by atoms with Gasteiger partial charge in [0.2, 0.25) is 0 Å². The fourth-order valence-corrected chi connectivity index (χ4v) is 8.30. The summed E-state index contributed by atoms with van der Waals surface area (Å²) in [5, 5.41) is 2.45. The monoisotopic (exact) mass is 779 g/mol. The highest BCUT2D eigenvalue weighted by Crippen LogP contribution is 2.42. The molecule has 5 heteroatoms. The summed E-state index contributed by atoms with van der Waals surface area (Å²) in [5.41, 5.74) is 16.0. The highest BCUT2D eigenvalue weighted by molar-refractivity contribution is 5.97. The first kappa shape index (κ1) is 35.8. The molecule has 0 radical (unpaired) electrons. The lowest BCUT2D eigenvalue weighted by Gasteiger charge is -2.27. The van der Waals surface area contributed by atoms with Crippen molar-refractivity contribution in [2.75, 3.05) is 4.90 Å². The first-order valence-corrected chi connectivity index (χ1v) is 20.5. The van der Waals surface area contributed by atoms with Gasteiger partial charge >= 0.3 is 0 Å². The SMILES string of the molecule is c1ccc(-c2nc3ccccc3nc2-c2cccc(N(c3ccc(-c4cccc5ccccc45)cc3)c3cccc(-c4nc5ccccc5nc4-c4ccccc4)c3)c2)cc1. The maximum absolute atomic E-state index is 5.26. The van der Waals surface area contributed by atoms with Crippen molar-refractivity contribution < 1.29 is 0 Å². The van der Waals surface area contributed by atoms with Gasteiger partial charge in [0.1, 0.15) is 0 Å². The van der Waals surface area contributed by atoms with Gasteiger partial charge in [0, 0.05) is 39.3 Å². The van der Waals surface area contributed by atoms with E-state index in [9.17, 15) is 0 Å². The summed E-state index contributed by atoms with van der Waals surface area (Å²) in [7, 11) is 0. The molecule has 0 fully saturated rings. The molecule has 61 heavy (non-hydrogen) atoms. The molecule has 0 aliphatic carbocycles. The van der Waals surface area contributed by atoms with Crippen molar-refractivity contribution in [3.8, 4) is 56.2 Å². The van der Waals surface area contributed by atoms with Crippen LogP contribution in [0, 0.1) is 0 Å². The van der Waals surface area contributed by atoms with E-state index in [0.29, 0.717) is 0 Å². The average Bonchev–Trinajstić information content (AvgIpc) is 3.34. The molecular formula is C56H37N5. The Morgan fingerprint density at radius 2 is 0.656 bits per heavy atom. The van der Waals surface area contributed by atoms with E-state index in [0.717, 1.165) is 89.7 Å². The van der Waals surface area contributed by atoms with E-state index in [2.05, 4.69) is 144 Å². The van der Waals surface area contributed by atoms with Crippen LogP contribution in [0.2, 0.25) is 0 Å². The molecule has 0 aliphatic heterocycles. The van der Waals surface area contributed by atoms with Gasteiger partial charge in [-0.3, -0.25) is 0 Å². The zero-order valence-electron chi connectivity index (χ0n) is 33.1. The minimum atomic E-state index is 0.825. The van der Waals surface area contributed by atoms with E-state index in [1.807, 2.05) is 84.9 Å². The number of aromatic nitrogens is 4. The van der Waals surface area contributed by atoms with E-state index >= 15 is 0 Å². The lowest BCUT2D eigenvalue weighted by molar-refractivity contribution is 1.26. The van der Waals surface area contributed by atoms with Crippen molar-refractivity contribution in [1.82, 2.24) is 19.9 Å². The van der Waals surface area contributed by atoms with Crippen LogP contribution in [-0.4, -0.2) is 19.9 Å². The molecule has 0 bridgehead atoms. The minimum Gasteiger partial charge on any atom is -0.310 e. The van der Waals surface area contributed by atoms with Gasteiger partial charge in [-0.05, 0) is 82.6 Å². The molecule has 0 spiro atoms. The van der Waals surface area contributed by atoms with Crippen LogP contribution in [0.4, 0.5) is 17.1 Å². The molecule has 0 atom stereocenters. The molecule has 2 heterocycles. The lowest BCUT2D eigenvalue weighted by Crippen LogP contribution is -2.10. The van der Waals surface area contributed by atoms with Crippen LogP contribution in [0.5, 0.6) is 0 Å². The van der Waals surface area contributed by atoms with Crippen LogP contribution in [-0.2, 0) is 0 Å². The summed E-state index contributed by atoms with van der Waals surface area (Å²) in [6, 6.07) is 78.0. The Bertz CT molecular complexity index is 3190. The van der Waals surface area contributed by atoms with Gasteiger partial charge in [0.25, 0.3) is 0 Å². The lowest BCUT2D eigenvalue weighted by atomic mass is 9.98. The molecule has 0 amide bonds. The third-order valence-corrected chi connectivity index (χ3v) is 11.2. The molecule has 0 saturated carbocycles. The Labute approximate surface area is 354 Å². The molecule has 11 aromatic rings. The number of fused-ring (bicyclic) bond motifs is 3. The van der Waals surface area contributed by atoms with Crippen LogP contribution in [0.25, 0.3) is 89.0 Å². The third-order valence-electron chi connectivity index (χ3n) is 11.2. The zero-order chi connectivity index (χ0) is 40.5.